The zero-order chi connectivity index (χ0) is 17.5. The fourth-order valence-electron chi connectivity index (χ4n) is 2.94. The van der Waals surface area contributed by atoms with Gasteiger partial charge in [0.05, 0.1) is 6.54 Å². The van der Waals surface area contributed by atoms with Crippen LogP contribution in [0.4, 0.5) is 0 Å². The smallest absolute Gasteiger partial charge is 0.233 e. The van der Waals surface area contributed by atoms with Gasteiger partial charge in [-0.25, -0.2) is 0 Å². The fourth-order valence-corrected chi connectivity index (χ4v) is 2.94. The molecule has 1 aliphatic heterocycles. The van der Waals surface area contributed by atoms with E-state index in [4.69, 9.17) is 4.42 Å². The summed E-state index contributed by atoms with van der Waals surface area (Å²) >= 11 is 0. The summed E-state index contributed by atoms with van der Waals surface area (Å²) in [7, 11) is 3.46. The fraction of sp³-hybridized carbons (Fsp3) is 0.647. The van der Waals surface area contributed by atoms with Crippen molar-refractivity contribution in [2.45, 2.75) is 39.3 Å². The second-order valence-corrected chi connectivity index (χ2v) is 6.23. The Morgan fingerprint density at radius 2 is 2.04 bits per heavy atom. The maximum absolute atomic E-state index is 11.4. The van der Waals surface area contributed by atoms with Crippen LogP contribution in [0.1, 0.15) is 29.9 Å². The SMILES string of the molecule is CN=C(NCc1cc(C)oc1C)NC1CCN(CC(=O)NC)CC1.I. The lowest BCUT2D eigenvalue weighted by atomic mass is 10.1. The van der Waals surface area contributed by atoms with E-state index in [9.17, 15) is 4.79 Å². The molecule has 2 heterocycles. The average Bonchev–Trinajstić information content (AvgIpc) is 2.90. The summed E-state index contributed by atoms with van der Waals surface area (Å²) in [5.41, 5.74) is 1.15. The first-order chi connectivity index (χ1) is 11.5. The summed E-state index contributed by atoms with van der Waals surface area (Å²) in [5, 5.41) is 9.48. The highest BCUT2D eigenvalue weighted by molar-refractivity contribution is 14.0. The Hall–Kier alpha value is -1.29. The summed E-state index contributed by atoms with van der Waals surface area (Å²) in [6.07, 6.45) is 2.00. The standard InChI is InChI=1S/C17H29N5O2.HI/c1-12-9-14(13(2)24-12)10-20-17(19-4)21-15-5-7-22(8-6-15)11-16(23)18-3;/h9,15H,5-8,10-11H2,1-4H3,(H,18,23)(H2,19,20,21);1H. The summed E-state index contributed by atoms with van der Waals surface area (Å²) in [6, 6.07) is 2.43. The van der Waals surface area contributed by atoms with E-state index in [1.54, 1.807) is 14.1 Å². The van der Waals surface area contributed by atoms with Gasteiger partial charge < -0.3 is 20.4 Å². The molecule has 1 aliphatic rings. The highest BCUT2D eigenvalue weighted by Crippen LogP contribution is 2.13. The maximum Gasteiger partial charge on any atom is 0.233 e. The van der Waals surface area contributed by atoms with Gasteiger partial charge in [-0.1, -0.05) is 0 Å². The van der Waals surface area contributed by atoms with Crippen LogP contribution in [0.5, 0.6) is 0 Å². The number of likely N-dealkylation sites (tertiary alicyclic amines) is 1. The number of piperidine rings is 1. The van der Waals surface area contributed by atoms with Gasteiger partial charge in [0.25, 0.3) is 0 Å². The molecule has 8 heteroatoms. The molecule has 0 atom stereocenters. The number of nitrogens with one attached hydrogen (secondary N) is 3. The van der Waals surface area contributed by atoms with Gasteiger partial charge in [0.1, 0.15) is 11.5 Å². The van der Waals surface area contributed by atoms with Crippen molar-refractivity contribution in [2.24, 2.45) is 4.99 Å². The Bertz CT molecular complexity index is 580. The van der Waals surface area contributed by atoms with Crippen molar-refractivity contribution in [1.82, 2.24) is 20.9 Å². The number of guanidine groups is 1. The molecule has 3 N–H and O–H groups in total. The quantitative estimate of drug-likeness (QED) is 0.350. The van der Waals surface area contributed by atoms with Crippen molar-refractivity contribution >= 4 is 35.8 Å². The number of aryl methyl sites for hydroxylation is 2. The third-order valence-electron chi connectivity index (χ3n) is 4.39. The van der Waals surface area contributed by atoms with Crippen LogP contribution in [0.15, 0.2) is 15.5 Å². The maximum atomic E-state index is 11.4. The lowest BCUT2D eigenvalue weighted by Crippen LogP contribution is -2.49. The second kappa shape index (κ2) is 10.6. The minimum absolute atomic E-state index is 0. The molecular weight excluding hydrogens is 433 g/mol. The van der Waals surface area contributed by atoms with Gasteiger partial charge in [0.15, 0.2) is 5.96 Å². The third kappa shape index (κ3) is 6.85. The highest BCUT2D eigenvalue weighted by atomic mass is 127. The van der Waals surface area contributed by atoms with Crippen LogP contribution in [-0.2, 0) is 11.3 Å². The van der Waals surface area contributed by atoms with Gasteiger partial charge in [0, 0.05) is 45.3 Å². The van der Waals surface area contributed by atoms with Gasteiger partial charge >= 0.3 is 0 Å². The first-order valence-electron chi connectivity index (χ1n) is 8.48. The average molecular weight is 463 g/mol. The van der Waals surface area contributed by atoms with E-state index < -0.39 is 0 Å². The molecule has 0 bridgehead atoms. The molecule has 1 fully saturated rings. The predicted octanol–water partition coefficient (Wildman–Crippen LogP) is 1.39. The molecule has 0 aromatic carbocycles. The number of carbonyl (C=O) groups is 1. The number of nitrogens with zero attached hydrogens (tertiary/aromatic N) is 2. The first kappa shape index (κ1) is 21.8. The Morgan fingerprint density at radius 3 is 2.56 bits per heavy atom. The summed E-state index contributed by atoms with van der Waals surface area (Å²) < 4.78 is 5.54. The van der Waals surface area contributed by atoms with E-state index in [-0.39, 0.29) is 29.9 Å². The molecule has 1 aromatic rings. The van der Waals surface area contributed by atoms with E-state index in [2.05, 4.69) is 25.8 Å². The van der Waals surface area contributed by atoms with Crippen LogP contribution in [-0.4, -0.2) is 56.5 Å². The number of amides is 1. The zero-order valence-corrected chi connectivity index (χ0v) is 17.8. The van der Waals surface area contributed by atoms with Crippen LogP contribution >= 0.6 is 24.0 Å². The monoisotopic (exact) mass is 463 g/mol. The number of furan rings is 1. The van der Waals surface area contributed by atoms with E-state index in [1.807, 2.05) is 19.9 Å². The number of halogens is 1. The molecule has 1 amide bonds. The molecule has 1 aromatic heterocycles. The van der Waals surface area contributed by atoms with Crippen molar-refractivity contribution in [3.8, 4) is 0 Å². The molecule has 25 heavy (non-hydrogen) atoms. The number of carbonyl (C=O) groups excluding carboxylic acids is 1. The summed E-state index contributed by atoms with van der Waals surface area (Å²) in [4.78, 5) is 17.9. The van der Waals surface area contributed by atoms with Crippen molar-refractivity contribution in [3.63, 3.8) is 0 Å². The lowest BCUT2D eigenvalue weighted by molar-refractivity contribution is -0.122. The van der Waals surface area contributed by atoms with Gasteiger partial charge in [-0.3, -0.25) is 14.7 Å². The molecule has 0 radical (unpaired) electrons. The minimum atomic E-state index is 0. The van der Waals surface area contributed by atoms with Crippen LogP contribution in [0.3, 0.4) is 0 Å². The first-order valence-corrected chi connectivity index (χ1v) is 8.48. The number of hydrogen-bond acceptors (Lipinski definition) is 4. The van der Waals surface area contributed by atoms with Crippen LogP contribution in [0.2, 0.25) is 0 Å². The van der Waals surface area contributed by atoms with Crippen molar-refractivity contribution in [1.29, 1.82) is 0 Å². The van der Waals surface area contributed by atoms with Gasteiger partial charge in [0.2, 0.25) is 5.91 Å². The minimum Gasteiger partial charge on any atom is -0.466 e. The van der Waals surface area contributed by atoms with Crippen molar-refractivity contribution in [3.05, 3.63) is 23.2 Å². The normalized spacial score (nSPS) is 16.2. The van der Waals surface area contributed by atoms with Crippen LogP contribution in [0.25, 0.3) is 0 Å². The molecule has 7 nitrogen and oxygen atoms in total. The zero-order valence-electron chi connectivity index (χ0n) is 15.5. The number of aliphatic imine (C=N–C) groups is 1. The van der Waals surface area contributed by atoms with Gasteiger partial charge in [-0.2, -0.15) is 0 Å². The number of likely N-dealkylation sites (N-methyl/N-ethyl adjacent to an activating group) is 1. The van der Waals surface area contributed by atoms with E-state index in [1.165, 1.54) is 0 Å². The Labute approximate surface area is 167 Å². The molecule has 0 spiro atoms. The van der Waals surface area contributed by atoms with E-state index in [0.29, 0.717) is 19.1 Å². The van der Waals surface area contributed by atoms with E-state index in [0.717, 1.165) is 49.0 Å². The molecule has 1 saturated heterocycles. The molecule has 0 unspecified atom stereocenters. The van der Waals surface area contributed by atoms with E-state index >= 15 is 0 Å². The Balaban J connectivity index is 0.00000312. The molecule has 0 aliphatic carbocycles. The number of hydrogen-bond donors (Lipinski definition) is 3. The summed E-state index contributed by atoms with van der Waals surface area (Å²) in [6.45, 7) is 6.94. The Morgan fingerprint density at radius 1 is 1.36 bits per heavy atom. The highest BCUT2D eigenvalue weighted by Gasteiger charge is 2.21. The largest absolute Gasteiger partial charge is 0.466 e. The topological polar surface area (TPSA) is 81.9 Å². The second-order valence-electron chi connectivity index (χ2n) is 6.23. The van der Waals surface area contributed by atoms with Crippen molar-refractivity contribution in [2.75, 3.05) is 33.7 Å². The Kier molecular flexibility index (Phi) is 9.26. The molecular formula is C17H30IN5O2. The van der Waals surface area contributed by atoms with Crippen LogP contribution in [0, 0.1) is 13.8 Å². The predicted molar refractivity (Wildman–Crippen MR) is 110 cm³/mol. The van der Waals surface area contributed by atoms with Crippen molar-refractivity contribution < 1.29 is 9.21 Å². The summed E-state index contributed by atoms with van der Waals surface area (Å²) in [5.74, 6) is 2.75. The van der Waals surface area contributed by atoms with Gasteiger partial charge in [-0.05, 0) is 32.8 Å². The lowest BCUT2D eigenvalue weighted by Gasteiger charge is -2.32. The molecule has 2 rings (SSSR count). The van der Waals surface area contributed by atoms with Gasteiger partial charge in [-0.15, -0.1) is 24.0 Å². The molecule has 0 saturated carbocycles. The van der Waals surface area contributed by atoms with Crippen LogP contribution < -0.4 is 16.0 Å². The third-order valence-corrected chi connectivity index (χ3v) is 4.39. The number of rotatable bonds is 5. The molecule has 142 valence electrons.